The molecule has 0 aromatic carbocycles. The van der Waals surface area contributed by atoms with Crippen molar-refractivity contribution in [3.63, 3.8) is 0 Å². The Morgan fingerprint density at radius 2 is 2.17 bits per heavy atom. The molecule has 3 unspecified atom stereocenters. The van der Waals surface area contributed by atoms with Gasteiger partial charge in [0.2, 0.25) is 0 Å². The molecule has 1 aliphatic carbocycles. The van der Waals surface area contributed by atoms with E-state index in [1.54, 1.807) is 0 Å². The predicted octanol–water partition coefficient (Wildman–Crippen LogP) is 3.52. The fourth-order valence-corrected chi connectivity index (χ4v) is 3.39. The Morgan fingerprint density at radius 1 is 1.33 bits per heavy atom. The van der Waals surface area contributed by atoms with Crippen LogP contribution in [-0.2, 0) is 0 Å². The number of aromatic nitrogens is 1. The van der Waals surface area contributed by atoms with Crippen LogP contribution in [0.25, 0.3) is 0 Å². The first kappa shape index (κ1) is 13.5. The normalized spacial score (nSPS) is 28.3. The standard InChI is InChI=1S/C16H26N2/c1-4-13-5-6-14(10-17-3)16(8-13)15-7-12(2)9-18-11-15/h7,9,11,13-14,16-17H,4-6,8,10H2,1-3H3. The fourth-order valence-electron chi connectivity index (χ4n) is 3.39. The Hall–Kier alpha value is -0.890. The summed E-state index contributed by atoms with van der Waals surface area (Å²) in [4.78, 5) is 4.38. The maximum absolute atomic E-state index is 4.38. The maximum atomic E-state index is 4.38. The summed E-state index contributed by atoms with van der Waals surface area (Å²) in [6.45, 7) is 5.60. The topological polar surface area (TPSA) is 24.9 Å². The van der Waals surface area contributed by atoms with Crippen molar-refractivity contribution in [3.8, 4) is 0 Å². The lowest BCUT2D eigenvalue weighted by molar-refractivity contribution is 0.228. The van der Waals surface area contributed by atoms with E-state index >= 15 is 0 Å². The van der Waals surface area contributed by atoms with E-state index in [0.717, 1.165) is 18.4 Å². The van der Waals surface area contributed by atoms with Gasteiger partial charge >= 0.3 is 0 Å². The molecule has 1 aromatic rings. The molecule has 0 aliphatic heterocycles. The molecular formula is C16H26N2. The quantitative estimate of drug-likeness (QED) is 0.879. The van der Waals surface area contributed by atoms with E-state index in [4.69, 9.17) is 0 Å². The van der Waals surface area contributed by atoms with Gasteiger partial charge in [0.1, 0.15) is 0 Å². The Bertz CT molecular complexity index is 375. The Balaban J connectivity index is 2.18. The summed E-state index contributed by atoms with van der Waals surface area (Å²) < 4.78 is 0. The minimum atomic E-state index is 0.698. The molecule has 0 amide bonds. The van der Waals surface area contributed by atoms with Crippen LogP contribution in [0.1, 0.15) is 49.7 Å². The number of hydrogen-bond acceptors (Lipinski definition) is 2. The van der Waals surface area contributed by atoms with Crippen molar-refractivity contribution in [2.45, 2.75) is 45.4 Å². The first-order valence-electron chi connectivity index (χ1n) is 7.30. The number of nitrogens with zero attached hydrogens (tertiary/aromatic N) is 1. The van der Waals surface area contributed by atoms with Crippen LogP contribution in [0.15, 0.2) is 18.5 Å². The lowest BCUT2D eigenvalue weighted by atomic mass is 9.70. The van der Waals surface area contributed by atoms with Crippen molar-refractivity contribution in [2.75, 3.05) is 13.6 Å². The summed E-state index contributed by atoms with van der Waals surface area (Å²) in [5, 5.41) is 3.36. The monoisotopic (exact) mass is 246 g/mol. The van der Waals surface area contributed by atoms with Crippen LogP contribution >= 0.6 is 0 Å². The second-order valence-electron chi connectivity index (χ2n) is 5.81. The number of nitrogens with one attached hydrogen (secondary N) is 1. The van der Waals surface area contributed by atoms with Crippen molar-refractivity contribution < 1.29 is 0 Å². The van der Waals surface area contributed by atoms with Crippen LogP contribution in [0.2, 0.25) is 0 Å². The fraction of sp³-hybridized carbons (Fsp3) is 0.688. The minimum Gasteiger partial charge on any atom is -0.319 e. The molecule has 0 radical (unpaired) electrons. The predicted molar refractivity (Wildman–Crippen MR) is 76.8 cm³/mol. The van der Waals surface area contributed by atoms with Gasteiger partial charge in [0.05, 0.1) is 0 Å². The third kappa shape index (κ3) is 3.11. The van der Waals surface area contributed by atoms with Crippen LogP contribution in [0.4, 0.5) is 0 Å². The Kier molecular flexibility index (Phi) is 4.76. The van der Waals surface area contributed by atoms with E-state index in [9.17, 15) is 0 Å². The van der Waals surface area contributed by atoms with E-state index in [1.165, 1.54) is 36.8 Å². The lowest BCUT2D eigenvalue weighted by Gasteiger charge is -2.36. The molecule has 1 saturated carbocycles. The first-order chi connectivity index (χ1) is 8.74. The second kappa shape index (κ2) is 6.33. The summed E-state index contributed by atoms with van der Waals surface area (Å²) in [6, 6.07) is 2.33. The summed E-state index contributed by atoms with van der Waals surface area (Å²) in [5.41, 5.74) is 2.74. The molecule has 0 bridgehead atoms. The summed E-state index contributed by atoms with van der Waals surface area (Å²) in [5.74, 6) is 2.38. The summed E-state index contributed by atoms with van der Waals surface area (Å²) in [6.07, 6.45) is 9.46. The molecule has 18 heavy (non-hydrogen) atoms. The van der Waals surface area contributed by atoms with Crippen LogP contribution < -0.4 is 5.32 Å². The van der Waals surface area contributed by atoms with Gasteiger partial charge in [-0.1, -0.05) is 25.8 Å². The second-order valence-corrected chi connectivity index (χ2v) is 5.81. The third-order valence-corrected chi connectivity index (χ3v) is 4.47. The van der Waals surface area contributed by atoms with Gasteiger partial charge in [-0.3, -0.25) is 4.98 Å². The van der Waals surface area contributed by atoms with E-state index in [0.29, 0.717) is 5.92 Å². The van der Waals surface area contributed by atoms with Crippen molar-refractivity contribution in [1.82, 2.24) is 10.3 Å². The van der Waals surface area contributed by atoms with Crippen LogP contribution in [-0.4, -0.2) is 18.6 Å². The molecule has 1 heterocycles. The molecule has 2 heteroatoms. The van der Waals surface area contributed by atoms with Gasteiger partial charge in [0, 0.05) is 12.4 Å². The number of pyridine rings is 1. The van der Waals surface area contributed by atoms with Crippen molar-refractivity contribution in [3.05, 3.63) is 29.6 Å². The molecule has 1 N–H and O–H groups in total. The largest absolute Gasteiger partial charge is 0.319 e. The van der Waals surface area contributed by atoms with Gasteiger partial charge < -0.3 is 5.32 Å². The maximum Gasteiger partial charge on any atom is 0.0303 e. The molecule has 3 atom stereocenters. The van der Waals surface area contributed by atoms with Gasteiger partial charge in [-0.2, -0.15) is 0 Å². The van der Waals surface area contributed by atoms with Gasteiger partial charge in [-0.25, -0.2) is 0 Å². The molecule has 1 aromatic heterocycles. The Labute approximate surface area is 111 Å². The molecule has 0 spiro atoms. The van der Waals surface area contributed by atoms with Gasteiger partial charge in [0.15, 0.2) is 0 Å². The molecule has 2 rings (SSSR count). The average Bonchev–Trinajstić information content (AvgIpc) is 2.39. The summed E-state index contributed by atoms with van der Waals surface area (Å²) >= 11 is 0. The van der Waals surface area contributed by atoms with Gasteiger partial charge in [0.25, 0.3) is 0 Å². The van der Waals surface area contributed by atoms with Crippen LogP contribution in [0.5, 0.6) is 0 Å². The first-order valence-corrected chi connectivity index (χ1v) is 7.30. The highest BCUT2D eigenvalue weighted by atomic mass is 14.8. The highest BCUT2D eigenvalue weighted by Crippen LogP contribution is 2.41. The smallest absolute Gasteiger partial charge is 0.0303 e. The van der Waals surface area contributed by atoms with Gasteiger partial charge in [-0.05, 0) is 62.2 Å². The molecule has 0 saturated heterocycles. The van der Waals surface area contributed by atoms with Gasteiger partial charge in [-0.15, -0.1) is 0 Å². The molecule has 2 nitrogen and oxygen atoms in total. The number of hydrogen-bond donors (Lipinski definition) is 1. The van der Waals surface area contributed by atoms with Crippen molar-refractivity contribution in [2.24, 2.45) is 11.8 Å². The van der Waals surface area contributed by atoms with E-state index in [1.807, 2.05) is 6.20 Å². The third-order valence-electron chi connectivity index (χ3n) is 4.47. The zero-order valence-corrected chi connectivity index (χ0v) is 11.9. The van der Waals surface area contributed by atoms with Crippen molar-refractivity contribution >= 4 is 0 Å². The zero-order valence-electron chi connectivity index (χ0n) is 11.9. The van der Waals surface area contributed by atoms with E-state index in [2.05, 4.69) is 43.5 Å². The van der Waals surface area contributed by atoms with Crippen LogP contribution in [0.3, 0.4) is 0 Å². The lowest BCUT2D eigenvalue weighted by Crippen LogP contribution is -2.30. The number of rotatable bonds is 4. The molecule has 1 fully saturated rings. The molecular weight excluding hydrogens is 220 g/mol. The summed E-state index contributed by atoms with van der Waals surface area (Å²) in [7, 11) is 2.07. The van der Waals surface area contributed by atoms with E-state index in [-0.39, 0.29) is 0 Å². The minimum absolute atomic E-state index is 0.698. The highest BCUT2D eigenvalue weighted by molar-refractivity contribution is 5.22. The SMILES string of the molecule is CCC1CCC(CNC)C(c2cncc(C)c2)C1. The average molecular weight is 246 g/mol. The Morgan fingerprint density at radius 3 is 2.83 bits per heavy atom. The van der Waals surface area contributed by atoms with Crippen LogP contribution in [0, 0.1) is 18.8 Å². The number of aryl methyl sites for hydroxylation is 1. The zero-order chi connectivity index (χ0) is 13.0. The van der Waals surface area contributed by atoms with E-state index < -0.39 is 0 Å². The molecule has 1 aliphatic rings. The molecule has 100 valence electrons. The van der Waals surface area contributed by atoms with Crippen molar-refractivity contribution in [1.29, 1.82) is 0 Å². The highest BCUT2D eigenvalue weighted by Gasteiger charge is 2.30.